The molecule has 20 heavy (non-hydrogen) atoms. The van der Waals surface area contributed by atoms with Gasteiger partial charge in [0.05, 0.1) is 0 Å². The zero-order valence-corrected chi connectivity index (χ0v) is 13.0. The smallest absolute Gasteiger partial charge is 0.306 e. The fourth-order valence-corrected chi connectivity index (χ4v) is 2.49. The lowest BCUT2D eigenvalue weighted by Crippen LogP contribution is -2.17. The third-order valence-electron chi connectivity index (χ3n) is 3.66. The number of allylic oxidation sites excluding steroid dienone is 3. The van der Waals surface area contributed by atoms with E-state index in [1.54, 1.807) is 0 Å². The lowest BCUT2D eigenvalue weighted by molar-refractivity contribution is -0.149. The number of carbonyl (C=O) groups is 1. The highest BCUT2D eigenvalue weighted by Crippen LogP contribution is 2.13. The summed E-state index contributed by atoms with van der Waals surface area (Å²) in [6.45, 7) is 2.14. The number of hydrogen-bond donors (Lipinski definition) is 0. The largest absolute Gasteiger partial charge is 0.462 e. The SMILES string of the molecule is CCCC1C/C=C\C/C=C\CCCCCCCC(=O)O1. The van der Waals surface area contributed by atoms with Crippen molar-refractivity contribution < 1.29 is 9.53 Å². The van der Waals surface area contributed by atoms with E-state index in [0.717, 1.165) is 38.5 Å². The molecule has 0 saturated carbocycles. The van der Waals surface area contributed by atoms with Crippen molar-refractivity contribution in [3.8, 4) is 0 Å². The van der Waals surface area contributed by atoms with Crippen LogP contribution in [0, 0.1) is 0 Å². The Morgan fingerprint density at radius 1 is 1.05 bits per heavy atom. The minimum atomic E-state index is -0.0103. The van der Waals surface area contributed by atoms with E-state index >= 15 is 0 Å². The topological polar surface area (TPSA) is 26.3 Å². The van der Waals surface area contributed by atoms with Crippen LogP contribution in [-0.4, -0.2) is 12.1 Å². The van der Waals surface area contributed by atoms with Gasteiger partial charge in [-0.25, -0.2) is 0 Å². The van der Waals surface area contributed by atoms with E-state index in [1.165, 1.54) is 25.7 Å². The Labute approximate surface area is 124 Å². The Morgan fingerprint density at radius 3 is 2.65 bits per heavy atom. The maximum atomic E-state index is 11.8. The number of carbonyl (C=O) groups excluding carboxylic acids is 1. The van der Waals surface area contributed by atoms with Gasteiger partial charge in [-0.2, -0.15) is 0 Å². The Bertz CT molecular complexity index is 305. The first kappa shape index (κ1) is 17.0. The van der Waals surface area contributed by atoms with Gasteiger partial charge in [-0.05, 0) is 32.1 Å². The van der Waals surface area contributed by atoms with Crippen LogP contribution in [0.5, 0.6) is 0 Å². The second kappa shape index (κ2) is 11.7. The first-order valence-corrected chi connectivity index (χ1v) is 8.32. The summed E-state index contributed by atoms with van der Waals surface area (Å²) in [6.07, 6.45) is 20.5. The van der Waals surface area contributed by atoms with Crippen molar-refractivity contribution in [3.63, 3.8) is 0 Å². The van der Waals surface area contributed by atoms with E-state index in [1.807, 2.05) is 0 Å². The number of cyclic esters (lactones) is 1. The summed E-state index contributed by atoms with van der Waals surface area (Å²) in [4.78, 5) is 11.8. The highest BCUT2D eigenvalue weighted by molar-refractivity contribution is 5.69. The first-order chi connectivity index (χ1) is 9.83. The summed E-state index contributed by atoms with van der Waals surface area (Å²) in [5.41, 5.74) is 0. The summed E-state index contributed by atoms with van der Waals surface area (Å²) >= 11 is 0. The van der Waals surface area contributed by atoms with Gasteiger partial charge in [0.1, 0.15) is 6.10 Å². The molecule has 0 spiro atoms. The van der Waals surface area contributed by atoms with Gasteiger partial charge in [0.2, 0.25) is 0 Å². The van der Waals surface area contributed by atoms with Crippen molar-refractivity contribution in [2.75, 3.05) is 0 Å². The predicted octanol–water partition coefficient (Wildman–Crippen LogP) is 5.34. The van der Waals surface area contributed by atoms with Crippen molar-refractivity contribution in [1.82, 2.24) is 0 Å². The summed E-state index contributed by atoms with van der Waals surface area (Å²) in [6, 6.07) is 0. The van der Waals surface area contributed by atoms with Crippen molar-refractivity contribution in [1.29, 1.82) is 0 Å². The van der Waals surface area contributed by atoms with Crippen LogP contribution in [0.25, 0.3) is 0 Å². The summed E-state index contributed by atoms with van der Waals surface area (Å²) in [5, 5.41) is 0. The number of rotatable bonds is 2. The second-order valence-electron chi connectivity index (χ2n) is 5.62. The summed E-state index contributed by atoms with van der Waals surface area (Å²) < 4.78 is 5.58. The molecule has 2 nitrogen and oxygen atoms in total. The van der Waals surface area contributed by atoms with Crippen LogP contribution >= 0.6 is 0 Å². The van der Waals surface area contributed by atoms with Gasteiger partial charge >= 0.3 is 5.97 Å². The summed E-state index contributed by atoms with van der Waals surface area (Å²) in [7, 11) is 0. The van der Waals surface area contributed by atoms with Gasteiger partial charge < -0.3 is 4.74 Å². The average molecular weight is 278 g/mol. The second-order valence-corrected chi connectivity index (χ2v) is 5.62. The van der Waals surface area contributed by atoms with E-state index in [0.29, 0.717) is 6.42 Å². The Balaban J connectivity index is 2.46. The molecular formula is C18H30O2. The molecule has 1 aliphatic heterocycles. The highest BCUT2D eigenvalue weighted by Gasteiger charge is 2.12. The zero-order chi connectivity index (χ0) is 14.5. The van der Waals surface area contributed by atoms with E-state index in [-0.39, 0.29) is 12.1 Å². The van der Waals surface area contributed by atoms with E-state index in [9.17, 15) is 4.79 Å². The van der Waals surface area contributed by atoms with Gasteiger partial charge in [0.15, 0.2) is 0 Å². The van der Waals surface area contributed by atoms with Gasteiger partial charge in [0, 0.05) is 12.8 Å². The molecule has 1 rings (SSSR count). The maximum Gasteiger partial charge on any atom is 0.306 e. The molecule has 1 unspecified atom stereocenters. The van der Waals surface area contributed by atoms with Gasteiger partial charge in [-0.3, -0.25) is 4.79 Å². The fraction of sp³-hybridized carbons (Fsp3) is 0.722. The number of esters is 1. The molecule has 0 radical (unpaired) electrons. The Hall–Kier alpha value is -1.05. The molecule has 0 aromatic heterocycles. The molecule has 0 aromatic carbocycles. The van der Waals surface area contributed by atoms with Crippen LogP contribution in [0.2, 0.25) is 0 Å². The number of ether oxygens (including phenoxy) is 1. The monoisotopic (exact) mass is 278 g/mol. The predicted molar refractivity (Wildman–Crippen MR) is 84.6 cm³/mol. The molecule has 0 fully saturated rings. The fourth-order valence-electron chi connectivity index (χ4n) is 2.49. The standard InChI is InChI=1S/C18H30O2/c1-2-14-17-15-12-10-8-6-4-3-5-7-9-11-13-16-18(19)20-17/h4,6,10,12,17H,2-3,5,7-9,11,13-16H2,1H3/b6-4-,12-10-. The molecule has 0 bridgehead atoms. The minimum absolute atomic E-state index is 0.0103. The van der Waals surface area contributed by atoms with E-state index < -0.39 is 0 Å². The van der Waals surface area contributed by atoms with Crippen LogP contribution in [0.4, 0.5) is 0 Å². The molecule has 1 atom stereocenters. The van der Waals surface area contributed by atoms with Crippen LogP contribution in [-0.2, 0) is 9.53 Å². The van der Waals surface area contributed by atoms with Crippen LogP contribution in [0.15, 0.2) is 24.3 Å². The average Bonchev–Trinajstić information content (AvgIpc) is 2.42. The van der Waals surface area contributed by atoms with E-state index in [4.69, 9.17) is 4.74 Å². The first-order valence-electron chi connectivity index (χ1n) is 8.32. The van der Waals surface area contributed by atoms with Gasteiger partial charge in [0.25, 0.3) is 0 Å². The molecule has 0 aliphatic carbocycles. The summed E-state index contributed by atoms with van der Waals surface area (Å²) in [5.74, 6) is -0.0103. The van der Waals surface area contributed by atoms with Crippen molar-refractivity contribution in [3.05, 3.63) is 24.3 Å². The molecule has 2 heteroatoms. The Kier molecular flexibility index (Phi) is 9.99. The van der Waals surface area contributed by atoms with Gasteiger partial charge in [-0.15, -0.1) is 0 Å². The maximum absolute atomic E-state index is 11.8. The van der Waals surface area contributed by atoms with Crippen molar-refractivity contribution >= 4 is 5.97 Å². The molecule has 0 saturated heterocycles. The van der Waals surface area contributed by atoms with Gasteiger partial charge in [-0.1, -0.05) is 56.9 Å². The molecule has 114 valence electrons. The zero-order valence-electron chi connectivity index (χ0n) is 13.0. The molecular weight excluding hydrogens is 248 g/mol. The molecule has 0 amide bonds. The molecule has 0 N–H and O–H groups in total. The molecule has 1 heterocycles. The highest BCUT2D eigenvalue weighted by atomic mass is 16.5. The lowest BCUT2D eigenvalue weighted by Gasteiger charge is -2.15. The van der Waals surface area contributed by atoms with Crippen LogP contribution in [0.3, 0.4) is 0 Å². The third-order valence-corrected chi connectivity index (χ3v) is 3.66. The minimum Gasteiger partial charge on any atom is -0.462 e. The number of hydrogen-bond acceptors (Lipinski definition) is 2. The third kappa shape index (κ3) is 8.95. The Morgan fingerprint density at radius 2 is 1.80 bits per heavy atom. The lowest BCUT2D eigenvalue weighted by atomic mass is 10.1. The van der Waals surface area contributed by atoms with Crippen molar-refractivity contribution in [2.45, 2.75) is 83.7 Å². The normalized spacial score (nSPS) is 26.6. The van der Waals surface area contributed by atoms with Crippen molar-refractivity contribution in [2.24, 2.45) is 0 Å². The van der Waals surface area contributed by atoms with Crippen LogP contribution in [0.1, 0.15) is 77.6 Å². The van der Waals surface area contributed by atoms with E-state index in [2.05, 4.69) is 31.2 Å². The molecule has 1 aliphatic rings. The van der Waals surface area contributed by atoms with Crippen LogP contribution < -0.4 is 0 Å². The molecule has 0 aromatic rings. The quantitative estimate of drug-likeness (QED) is 0.503.